The summed E-state index contributed by atoms with van der Waals surface area (Å²) in [5.41, 5.74) is 0.765. The number of amides is 2. The topological polar surface area (TPSA) is 82.1 Å². The summed E-state index contributed by atoms with van der Waals surface area (Å²) < 4.78 is 26.4. The molecule has 21 heavy (non-hydrogen) atoms. The molecule has 7 nitrogen and oxygen atoms in total. The summed E-state index contributed by atoms with van der Waals surface area (Å²) in [5, 5.41) is 0. The van der Waals surface area contributed by atoms with Gasteiger partial charge in [-0.3, -0.25) is 9.36 Å². The molecule has 0 aliphatic carbocycles. The molecule has 2 rings (SSSR count). The van der Waals surface area contributed by atoms with Gasteiger partial charge in [0.05, 0.1) is 0 Å². The van der Waals surface area contributed by atoms with Gasteiger partial charge in [0, 0.05) is 14.2 Å². The van der Waals surface area contributed by atoms with E-state index in [9.17, 15) is 14.2 Å². The molecule has 0 saturated carbocycles. The Labute approximate surface area is 122 Å². The van der Waals surface area contributed by atoms with Gasteiger partial charge in [-0.1, -0.05) is 30.3 Å². The van der Waals surface area contributed by atoms with Gasteiger partial charge in [-0.25, -0.2) is 9.69 Å². The normalized spacial score (nSPS) is 18.7. The summed E-state index contributed by atoms with van der Waals surface area (Å²) in [6.45, 7) is 0.0683. The minimum absolute atomic E-state index is 0.0683. The van der Waals surface area contributed by atoms with E-state index in [1.165, 1.54) is 14.2 Å². The Morgan fingerprint density at radius 3 is 2.52 bits per heavy atom. The van der Waals surface area contributed by atoms with E-state index in [2.05, 4.69) is 0 Å². The summed E-state index contributed by atoms with van der Waals surface area (Å²) in [7, 11) is -1.16. The third kappa shape index (κ3) is 3.32. The molecule has 0 aromatic heterocycles. The van der Waals surface area contributed by atoms with Crippen LogP contribution in [0, 0.1) is 0 Å². The summed E-state index contributed by atoms with van der Waals surface area (Å²) in [5.74, 6) is -0.654. The highest BCUT2D eigenvalue weighted by Crippen LogP contribution is 2.47. The standard InChI is InChI=1S/C13H16NO6P/c1-18-21(17,19-2)9-12(15)14-11(8-20-13(14)16)10-6-4-3-5-7-10/h3-7,11H,8-9H2,1-2H3. The van der Waals surface area contributed by atoms with Crippen LogP contribution in [0.15, 0.2) is 30.3 Å². The molecule has 0 spiro atoms. The lowest BCUT2D eigenvalue weighted by Gasteiger charge is -2.21. The molecule has 1 aliphatic rings. The zero-order valence-corrected chi connectivity index (χ0v) is 12.6. The molecule has 1 unspecified atom stereocenters. The fraction of sp³-hybridized carbons (Fsp3) is 0.385. The maximum atomic E-state index is 12.3. The lowest BCUT2D eigenvalue weighted by Crippen LogP contribution is -2.36. The van der Waals surface area contributed by atoms with Crippen LogP contribution in [0.25, 0.3) is 0 Å². The van der Waals surface area contributed by atoms with Crippen molar-refractivity contribution in [1.82, 2.24) is 4.90 Å². The highest BCUT2D eigenvalue weighted by atomic mass is 31.2. The number of hydrogen-bond donors (Lipinski definition) is 0. The minimum Gasteiger partial charge on any atom is -0.446 e. The van der Waals surface area contributed by atoms with Gasteiger partial charge in [0.1, 0.15) is 18.8 Å². The van der Waals surface area contributed by atoms with Crippen molar-refractivity contribution in [2.24, 2.45) is 0 Å². The Bertz CT molecular complexity index is 567. The molecule has 1 aliphatic heterocycles. The molecular weight excluding hydrogens is 297 g/mol. The van der Waals surface area contributed by atoms with E-state index in [-0.39, 0.29) is 6.61 Å². The van der Waals surface area contributed by atoms with Gasteiger partial charge < -0.3 is 13.8 Å². The zero-order valence-electron chi connectivity index (χ0n) is 11.7. The molecule has 1 fully saturated rings. The molecule has 114 valence electrons. The smallest absolute Gasteiger partial charge is 0.417 e. The fourth-order valence-corrected chi connectivity index (χ4v) is 2.95. The van der Waals surface area contributed by atoms with Gasteiger partial charge in [0.2, 0.25) is 5.91 Å². The number of cyclic esters (lactones) is 1. The Morgan fingerprint density at radius 2 is 1.95 bits per heavy atom. The van der Waals surface area contributed by atoms with Crippen LogP contribution in [-0.4, -0.2) is 43.9 Å². The Hall–Kier alpha value is -1.69. The maximum Gasteiger partial charge on any atom is 0.417 e. The second kappa shape index (κ2) is 6.39. The number of benzene rings is 1. The number of ether oxygens (including phenoxy) is 1. The van der Waals surface area contributed by atoms with Gasteiger partial charge in [0.25, 0.3) is 0 Å². The quantitative estimate of drug-likeness (QED) is 0.775. The maximum absolute atomic E-state index is 12.3. The predicted molar refractivity (Wildman–Crippen MR) is 73.9 cm³/mol. The second-order valence-corrected chi connectivity index (χ2v) is 6.67. The largest absolute Gasteiger partial charge is 0.446 e. The number of hydrogen-bond acceptors (Lipinski definition) is 6. The zero-order chi connectivity index (χ0) is 15.5. The highest BCUT2D eigenvalue weighted by Gasteiger charge is 2.41. The van der Waals surface area contributed by atoms with E-state index >= 15 is 0 Å². The Balaban J connectivity index is 2.21. The van der Waals surface area contributed by atoms with E-state index in [0.717, 1.165) is 10.5 Å². The van der Waals surface area contributed by atoms with Crippen molar-refractivity contribution in [3.05, 3.63) is 35.9 Å². The van der Waals surface area contributed by atoms with Crippen LogP contribution < -0.4 is 0 Å². The molecule has 1 atom stereocenters. The molecule has 1 saturated heterocycles. The monoisotopic (exact) mass is 313 g/mol. The molecule has 1 aromatic carbocycles. The van der Waals surface area contributed by atoms with E-state index in [1.807, 2.05) is 6.07 Å². The molecule has 8 heteroatoms. The van der Waals surface area contributed by atoms with Crippen LogP contribution in [0.1, 0.15) is 11.6 Å². The second-order valence-electron chi connectivity index (χ2n) is 4.40. The van der Waals surface area contributed by atoms with Crippen molar-refractivity contribution in [1.29, 1.82) is 0 Å². The molecule has 0 radical (unpaired) electrons. The molecule has 1 heterocycles. The molecule has 2 amide bonds. The molecule has 0 N–H and O–H groups in total. The SMILES string of the molecule is COP(=O)(CC(=O)N1C(=O)OCC1c1ccccc1)OC. The number of rotatable bonds is 5. The van der Waals surface area contributed by atoms with E-state index in [0.29, 0.717) is 0 Å². The molecule has 0 bridgehead atoms. The van der Waals surface area contributed by atoms with Gasteiger partial charge in [-0.2, -0.15) is 0 Å². The minimum atomic E-state index is -3.53. The van der Waals surface area contributed by atoms with Crippen LogP contribution in [-0.2, 0) is 23.1 Å². The molecular formula is C13H16NO6P. The van der Waals surface area contributed by atoms with E-state index in [1.54, 1.807) is 24.3 Å². The lowest BCUT2D eigenvalue weighted by atomic mass is 10.1. The predicted octanol–water partition coefficient (Wildman–Crippen LogP) is 2.19. The summed E-state index contributed by atoms with van der Waals surface area (Å²) >= 11 is 0. The van der Waals surface area contributed by atoms with Gasteiger partial charge in [0.15, 0.2) is 0 Å². The molecule has 1 aromatic rings. The first-order chi connectivity index (χ1) is 10.0. The van der Waals surface area contributed by atoms with Crippen LogP contribution in [0.2, 0.25) is 0 Å². The first-order valence-electron chi connectivity index (χ1n) is 6.25. The van der Waals surface area contributed by atoms with Gasteiger partial charge in [-0.15, -0.1) is 0 Å². The van der Waals surface area contributed by atoms with E-state index < -0.39 is 31.8 Å². The lowest BCUT2D eigenvalue weighted by molar-refractivity contribution is -0.126. The van der Waals surface area contributed by atoms with Crippen molar-refractivity contribution in [2.75, 3.05) is 27.0 Å². The Kier molecular flexibility index (Phi) is 4.77. The summed E-state index contributed by atoms with van der Waals surface area (Å²) in [4.78, 5) is 25.0. The van der Waals surface area contributed by atoms with Crippen molar-refractivity contribution >= 4 is 19.6 Å². The number of carbonyl (C=O) groups excluding carboxylic acids is 2. The van der Waals surface area contributed by atoms with Crippen LogP contribution in [0.4, 0.5) is 4.79 Å². The Morgan fingerprint density at radius 1 is 1.33 bits per heavy atom. The van der Waals surface area contributed by atoms with Crippen LogP contribution in [0.5, 0.6) is 0 Å². The summed E-state index contributed by atoms with van der Waals surface area (Å²) in [6.07, 6.45) is -1.27. The number of nitrogens with zero attached hydrogens (tertiary/aromatic N) is 1. The first kappa shape index (κ1) is 15.7. The highest BCUT2D eigenvalue weighted by molar-refractivity contribution is 7.54. The third-order valence-corrected chi connectivity index (χ3v) is 4.98. The number of carbonyl (C=O) groups is 2. The van der Waals surface area contributed by atoms with Crippen molar-refractivity contribution < 1.29 is 27.9 Å². The summed E-state index contributed by atoms with van der Waals surface area (Å²) in [6, 6.07) is 8.48. The first-order valence-corrected chi connectivity index (χ1v) is 7.98. The van der Waals surface area contributed by atoms with Crippen molar-refractivity contribution in [3.8, 4) is 0 Å². The van der Waals surface area contributed by atoms with Gasteiger partial charge in [-0.05, 0) is 5.56 Å². The average Bonchev–Trinajstić information content (AvgIpc) is 2.90. The average molecular weight is 313 g/mol. The van der Waals surface area contributed by atoms with Crippen molar-refractivity contribution in [3.63, 3.8) is 0 Å². The van der Waals surface area contributed by atoms with Gasteiger partial charge >= 0.3 is 13.7 Å². The fourth-order valence-electron chi connectivity index (χ4n) is 2.06. The third-order valence-electron chi connectivity index (χ3n) is 3.21. The van der Waals surface area contributed by atoms with Crippen LogP contribution in [0.3, 0.4) is 0 Å². The van der Waals surface area contributed by atoms with E-state index in [4.69, 9.17) is 13.8 Å². The number of imide groups is 1. The van der Waals surface area contributed by atoms with Crippen LogP contribution >= 0.6 is 7.60 Å². The van der Waals surface area contributed by atoms with Crippen molar-refractivity contribution in [2.45, 2.75) is 6.04 Å².